The molecule has 0 spiro atoms. The van der Waals surface area contributed by atoms with E-state index in [0.717, 1.165) is 6.07 Å². The minimum absolute atomic E-state index is 0.0675. The highest BCUT2D eigenvalue weighted by molar-refractivity contribution is 7.92. The molecule has 0 aliphatic heterocycles. The number of carbonyl (C=O) groups excluding carboxylic acids is 1. The van der Waals surface area contributed by atoms with E-state index in [4.69, 9.17) is 4.52 Å². The molecule has 0 fully saturated rings. The van der Waals surface area contributed by atoms with Crippen LogP contribution in [0.4, 0.5) is 10.2 Å². The first kappa shape index (κ1) is 16.0. The maximum atomic E-state index is 13.4. The van der Waals surface area contributed by atoms with Crippen LogP contribution in [-0.4, -0.2) is 31.8 Å². The van der Waals surface area contributed by atoms with E-state index in [1.165, 1.54) is 24.3 Å². The van der Waals surface area contributed by atoms with E-state index in [1.54, 1.807) is 6.92 Å². The fourth-order valence-corrected chi connectivity index (χ4v) is 2.55. The number of carbonyl (C=O) groups is 1. The number of hydrogen-bond acceptors (Lipinski definition) is 5. The second-order valence-electron chi connectivity index (χ2n) is 4.48. The van der Waals surface area contributed by atoms with E-state index in [1.807, 2.05) is 0 Å². The average Bonchev–Trinajstić information content (AvgIpc) is 2.83. The van der Waals surface area contributed by atoms with Gasteiger partial charge in [-0.25, -0.2) is 12.8 Å². The highest BCUT2D eigenvalue weighted by Gasteiger charge is 2.15. The van der Waals surface area contributed by atoms with Crippen molar-refractivity contribution in [2.24, 2.45) is 0 Å². The van der Waals surface area contributed by atoms with Crippen molar-refractivity contribution in [3.63, 3.8) is 0 Å². The lowest BCUT2D eigenvalue weighted by atomic mass is 10.2. The summed E-state index contributed by atoms with van der Waals surface area (Å²) in [5.74, 6) is -1.19. The maximum absolute atomic E-state index is 13.4. The van der Waals surface area contributed by atoms with Crippen LogP contribution in [0, 0.1) is 12.7 Å². The van der Waals surface area contributed by atoms with E-state index >= 15 is 0 Å². The number of aromatic nitrogens is 1. The summed E-state index contributed by atoms with van der Waals surface area (Å²) in [7, 11) is -3.69. The molecule has 0 aliphatic carbocycles. The molecule has 0 atom stereocenters. The van der Waals surface area contributed by atoms with Crippen LogP contribution in [0.2, 0.25) is 0 Å². The number of aryl methyl sites for hydroxylation is 1. The maximum Gasteiger partial charge on any atom is 0.254 e. The highest BCUT2D eigenvalue weighted by Crippen LogP contribution is 2.09. The third kappa shape index (κ3) is 4.29. The second-order valence-corrected chi connectivity index (χ2v) is 6.32. The molecule has 2 N–H and O–H groups in total. The quantitative estimate of drug-likeness (QED) is 0.832. The minimum Gasteiger partial charge on any atom is -0.360 e. The van der Waals surface area contributed by atoms with Crippen molar-refractivity contribution in [1.82, 2.24) is 10.5 Å². The topological polar surface area (TPSA) is 101 Å². The van der Waals surface area contributed by atoms with E-state index in [0.29, 0.717) is 5.76 Å². The Morgan fingerprint density at radius 1 is 1.36 bits per heavy atom. The molecule has 1 heterocycles. The largest absolute Gasteiger partial charge is 0.360 e. The monoisotopic (exact) mass is 327 g/mol. The van der Waals surface area contributed by atoms with E-state index in [9.17, 15) is 17.6 Å². The first-order valence-electron chi connectivity index (χ1n) is 6.34. The zero-order chi connectivity index (χ0) is 16.2. The SMILES string of the molecule is Cc1cc(NS(=O)(=O)CCNC(=O)c2ccccc2F)no1. The molecule has 0 bridgehead atoms. The summed E-state index contributed by atoms with van der Waals surface area (Å²) in [5, 5.41) is 5.85. The number of rotatable bonds is 6. The van der Waals surface area contributed by atoms with Gasteiger partial charge in [-0.1, -0.05) is 17.3 Å². The molecule has 9 heteroatoms. The number of halogens is 1. The molecule has 1 amide bonds. The van der Waals surface area contributed by atoms with Gasteiger partial charge in [-0.15, -0.1) is 0 Å². The highest BCUT2D eigenvalue weighted by atomic mass is 32.2. The zero-order valence-corrected chi connectivity index (χ0v) is 12.5. The predicted octanol–water partition coefficient (Wildman–Crippen LogP) is 1.29. The summed E-state index contributed by atoms with van der Waals surface area (Å²) in [6, 6.07) is 6.87. The van der Waals surface area contributed by atoms with Gasteiger partial charge in [0.2, 0.25) is 10.0 Å². The molecule has 0 radical (unpaired) electrons. The molecule has 0 unspecified atom stereocenters. The molecule has 0 saturated heterocycles. The molecule has 0 saturated carbocycles. The van der Waals surface area contributed by atoms with E-state index in [2.05, 4.69) is 15.2 Å². The number of nitrogens with one attached hydrogen (secondary N) is 2. The van der Waals surface area contributed by atoms with Crippen molar-refractivity contribution in [2.75, 3.05) is 17.0 Å². The smallest absolute Gasteiger partial charge is 0.254 e. The van der Waals surface area contributed by atoms with Crippen molar-refractivity contribution < 1.29 is 22.1 Å². The number of sulfonamides is 1. The Balaban J connectivity index is 1.87. The molecular formula is C13H14FN3O4S. The lowest BCUT2D eigenvalue weighted by Crippen LogP contribution is -2.31. The molecule has 0 aliphatic rings. The van der Waals surface area contributed by atoms with Gasteiger partial charge in [0.05, 0.1) is 11.3 Å². The standard InChI is InChI=1S/C13H14FN3O4S/c1-9-8-12(16-21-9)17-22(19,20)7-6-15-13(18)10-4-2-3-5-11(10)14/h2-5,8H,6-7H2,1H3,(H,15,18)(H,16,17). The van der Waals surface area contributed by atoms with E-state index < -0.39 is 21.7 Å². The molecule has 118 valence electrons. The van der Waals surface area contributed by atoms with Crippen molar-refractivity contribution in [3.05, 3.63) is 47.5 Å². The number of hydrogen-bond donors (Lipinski definition) is 2. The fourth-order valence-electron chi connectivity index (χ4n) is 1.66. The number of benzene rings is 1. The second kappa shape index (κ2) is 6.56. The van der Waals surface area contributed by atoms with Crippen LogP contribution in [0.15, 0.2) is 34.9 Å². The van der Waals surface area contributed by atoms with Gasteiger partial charge < -0.3 is 9.84 Å². The molecular weight excluding hydrogens is 313 g/mol. The third-order valence-electron chi connectivity index (χ3n) is 2.66. The van der Waals surface area contributed by atoms with Crippen LogP contribution in [0.3, 0.4) is 0 Å². The Labute approximate surface area is 126 Å². The van der Waals surface area contributed by atoms with Crippen LogP contribution in [-0.2, 0) is 10.0 Å². The van der Waals surface area contributed by atoms with Gasteiger partial charge in [-0.3, -0.25) is 9.52 Å². The van der Waals surface area contributed by atoms with Crippen LogP contribution in [0.25, 0.3) is 0 Å². The van der Waals surface area contributed by atoms with Gasteiger partial charge in [-0.05, 0) is 19.1 Å². The van der Waals surface area contributed by atoms with Gasteiger partial charge in [0.1, 0.15) is 11.6 Å². The first-order chi connectivity index (χ1) is 10.4. The van der Waals surface area contributed by atoms with Crippen molar-refractivity contribution >= 4 is 21.7 Å². The average molecular weight is 327 g/mol. The van der Waals surface area contributed by atoms with Gasteiger partial charge in [0.15, 0.2) is 5.82 Å². The molecule has 2 aromatic rings. The summed E-state index contributed by atoms with van der Waals surface area (Å²) in [6.07, 6.45) is 0. The van der Waals surface area contributed by atoms with Gasteiger partial charge in [-0.2, -0.15) is 0 Å². The third-order valence-corrected chi connectivity index (χ3v) is 3.92. The van der Waals surface area contributed by atoms with Gasteiger partial charge >= 0.3 is 0 Å². The fraction of sp³-hybridized carbons (Fsp3) is 0.231. The lowest BCUT2D eigenvalue weighted by Gasteiger charge is -2.07. The van der Waals surface area contributed by atoms with Gasteiger partial charge in [0.25, 0.3) is 5.91 Å². The number of anilines is 1. The van der Waals surface area contributed by atoms with Crippen molar-refractivity contribution in [2.45, 2.75) is 6.92 Å². The van der Waals surface area contributed by atoms with Crippen LogP contribution >= 0.6 is 0 Å². The molecule has 2 rings (SSSR count). The summed E-state index contributed by atoms with van der Waals surface area (Å²) in [6.45, 7) is 1.46. The van der Waals surface area contributed by atoms with Gasteiger partial charge in [0, 0.05) is 12.6 Å². The lowest BCUT2D eigenvalue weighted by molar-refractivity contribution is 0.0952. The first-order valence-corrected chi connectivity index (χ1v) is 7.99. The summed E-state index contributed by atoms with van der Waals surface area (Å²) < 4.78 is 43.9. The Morgan fingerprint density at radius 3 is 2.73 bits per heavy atom. The predicted molar refractivity (Wildman–Crippen MR) is 77.4 cm³/mol. The van der Waals surface area contributed by atoms with Crippen molar-refractivity contribution in [3.8, 4) is 0 Å². The Hall–Kier alpha value is -2.42. The molecule has 1 aromatic heterocycles. The Morgan fingerprint density at radius 2 is 2.09 bits per heavy atom. The summed E-state index contributed by atoms with van der Waals surface area (Å²) >= 11 is 0. The molecule has 7 nitrogen and oxygen atoms in total. The Kier molecular flexibility index (Phi) is 4.76. The molecule has 1 aromatic carbocycles. The van der Waals surface area contributed by atoms with E-state index in [-0.39, 0.29) is 23.7 Å². The number of amides is 1. The van der Waals surface area contributed by atoms with Crippen molar-refractivity contribution in [1.29, 1.82) is 0 Å². The molecule has 22 heavy (non-hydrogen) atoms. The summed E-state index contributed by atoms with van der Waals surface area (Å²) in [4.78, 5) is 11.7. The zero-order valence-electron chi connectivity index (χ0n) is 11.7. The normalized spacial score (nSPS) is 11.2. The van der Waals surface area contributed by atoms with Crippen LogP contribution in [0.5, 0.6) is 0 Å². The Bertz CT molecular complexity index is 773. The summed E-state index contributed by atoms with van der Waals surface area (Å²) in [5.41, 5.74) is -0.139. The number of nitrogens with zero attached hydrogens (tertiary/aromatic N) is 1. The van der Waals surface area contributed by atoms with Crippen LogP contribution < -0.4 is 10.0 Å². The van der Waals surface area contributed by atoms with Crippen LogP contribution in [0.1, 0.15) is 16.1 Å². The minimum atomic E-state index is -3.69.